The number of thiophene rings is 1. The largest absolute Gasteiger partial charge is 0.265 e. The Morgan fingerprint density at radius 3 is 2.77 bits per heavy atom. The molecule has 0 aliphatic rings. The Labute approximate surface area is 86.3 Å². The molecule has 0 spiro atoms. The Morgan fingerprint density at radius 2 is 2.08 bits per heavy atom. The molecule has 2 rings (SSSR count). The molecule has 0 radical (unpaired) electrons. The van der Waals surface area contributed by atoms with E-state index in [1.54, 1.807) is 6.07 Å². The third kappa shape index (κ3) is 1.48. The molecule has 0 aliphatic heterocycles. The second-order valence-electron chi connectivity index (χ2n) is 2.60. The van der Waals surface area contributed by atoms with Crippen molar-refractivity contribution in [2.75, 3.05) is 0 Å². The first-order valence-corrected chi connectivity index (χ1v) is 5.31. The highest BCUT2D eigenvalue weighted by Gasteiger charge is 2.14. The van der Waals surface area contributed by atoms with Gasteiger partial charge in [0.2, 0.25) is 0 Å². The molecule has 0 atom stereocenters. The number of alkyl halides is 2. The zero-order chi connectivity index (χ0) is 9.42. The van der Waals surface area contributed by atoms with Crippen molar-refractivity contribution in [3.05, 3.63) is 33.6 Å². The van der Waals surface area contributed by atoms with Crippen LogP contribution in [-0.4, -0.2) is 0 Å². The van der Waals surface area contributed by atoms with E-state index < -0.39 is 6.43 Å². The van der Waals surface area contributed by atoms with Crippen LogP contribution < -0.4 is 0 Å². The van der Waals surface area contributed by atoms with Crippen molar-refractivity contribution in [3.8, 4) is 0 Å². The van der Waals surface area contributed by atoms with Crippen molar-refractivity contribution < 1.29 is 8.78 Å². The molecule has 2 aromatic rings. The number of hydrogen-bond donors (Lipinski definition) is 0. The Hall–Kier alpha value is -0.480. The van der Waals surface area contributed by atoms with Crippen LogP contribution in [0.5, 0.6) is 0 Å². The molecule has 0 unspecified atom stereocenters. The Balaban J connectivity index is 2.79. The second kappa shape index (κ2) is 3.35. The first-order chi connectivity index (χ1) is 6.20. The summed E-state index contributed by atoms with van der Waals surface area (Å²) in [7, 11) is 0. The van der Waals surface area contributed by atoms with Crippen LogP contribution in [0.2, 0.25) is 0 Å². The second-order valence-corrected chi connectivity index (χ2v) is 4.37. The van der Waals surface area contributed by atoms with Crippen LogP contribution in [0, 0.1) is 0 Å². The predicted octanol–water partition coefficient (Wildman–Crippen LogP) is 4.60. The number of benzene rings is 1. The van der Waals surface area contributed by atoms with Crippen molar-refractivity contribution in [2.24, 2.45) is 0 Å². The van der Waals surface area contributed by atoms with Gasteiger partial charge in [0.05, 0.1) is 0 Å². The van der Waals surface area contributed by atoms with Gasteiger partial charge in [0.1, 0.15) is 0 Å². The molecule has 13 heavy (non-hydrogen) atoms. The van der Waals surface area contributed by atoms with Crippen molar-refractivity contribution >= 4 is 37.4 Å². The lowest BCUT2D eigenvalue weighted by Crippen LogP contribution is -1.80. The van der Waals surface area contributed by atoms with E-state index >= 15 is 0 Å². The summed E-state index contributed by atoms with van der Waals surface area (Å²) in [5.41, 5.74) is 0.118. The fraction of sp³-hybridized carbons (Fsp3) is 0.111. The third-order valence-corrected chi connectivity index (χ3v) is 3.44. The summed E-state index contributed by atoms with van der Waals surface area (Å²) in [5.74, 6) is 0. The van der Waals surface area contributed by atoms with Gasteiger partial charge in [-0.15, -0.1) is 11.3 Å². The molecule has 4 heteroatoms. The molecule has 68 valence electrons. The lowest BCUT2D eigenvalue weighted by Gasteiger charge is -1.98. The van der Waals surface area contributed by atoms with Gasteiger partial charge in [0.25, 0.3) is 6.43 Å². The van der Waals surface area contributed by atoms with Crippen LogP contribution in [0.15, 0.2) is 28.1 Å². The highest BCUT2D eigenvalue weighted by Crippen LogP contribution is 2.37. The first-order valence-electron chi connectivity index (χ1n) is 3.64. The number of halogens is 3. The predicted molar refractivity (Wildman–Crippen MR) is 54.5 cm³/mol. The molecule has 0 amide bonds. The molecule has 1 aromatic heterocycles. The standard InChI is InChI=1S/C9H5BrF2S/c10-6-2-1-3-7-8(6)5(4-13-7)9(11)12/h1-4,9H. The van der Waals surface area contributed by atoms with Gasteiger partial charge in [-0.2, -0.15) is 0 Å². The SMILES string of the molecule is FC(F)c1csc2cccc(Br)c12. The van der Waals surface area contributed by atoms with E-state index in [0.29, 0.717) is 5.39 Å². The van der Waals surface area contributed by atoms with Crippen molar-refractivity contribution in [1.29, 1.82) is 0 Å². The lowest BCUT2D eigenvalue weighted by atomic mass is 10.2. The van der Waals surface area contributed by atoms with Crippen molar-refractivity contribution in [3.63, 3.8) is 0 Å². The fourth-order valence-corrected chi connectivity index (χ4v) is 2.93. The lowest BCUT2D eigenvalue weighted by molar-refractivity contribution is 0.153. The summed E-state index contributed by atoms with van der Waals surface area (Å²) >= 11 is 4.61. The molecule has 1 heterocycles. The number of fused-ring (bicyclic) bond motifs is 1. The number of hydrogen-bond acceptors (Lipinski definition) is 1. The van der Waals surface area contributed by atoms with E-state index in [4.69, 9.17) is 0 Å². The van der Waals surface area contributed by atoms with E-state index in [-0.39, 0.29) is 5.56 Å². The average molecular weight is 263 g/mol. The zero-order valence-electron chi connectivity index (χ0n) is 6.43. The van der Waals surface area contributed by atoms with Crippen LogP contribution in [0.3, 0.4) is 0 Å². The molecule has 0 nitrogen and oxygen atoms in total. The van der Waals surface area contributed by atoms with Crippen molar-refractivity contribution in [1.82, 2.24) is 0 Å². The van der Waals surface area contributed by atoms with Gasteiger partial charge in [-0.3, -0.25) is 0 Å². The zero-order valence-corrected chi connectivity index (χ0v) is 8.83. The van der Waals surface area contributed by atoms with Gasteiger partial charge in [0.15, 0.2) is 0 Å². The monoisotopic (exact) mass is 262 g/mol. The summed E-state index contributed by atoms with van der Waals surface area (Å²) in [4.78, 5) is 0. The van der Waals surface area contributed by atoms with Gasteiger partial charge in [0, 0.05) is 25.5 Å². The minimum absolute atomic E-state index is 0.118. The molecule has 0 bridgehead atoms. The minimum Gasteiger partial charge on any atom is -0.205 e. The van der Waals surface area contributed by atoms with Crippen LogP contribution in [-0.2, 0) is 0 Å². The Bertz CT molecular complexity index is 436. The van der Waals surface area contributed by atoms with E-state index in [9.17, 15) is 8.78 Å². The maximum Gasteiger partial charge on any atom is 0.265 e. The van der Waals surface area contributed by atoms with Gasteiger partial charge < -0.3 is 0 Å². The smallest absolute Gasteiger partial charge is 0.205 e. The van der Waals surface area contributed by atoms with Crippen LogP contribution in [0.4, 0.5) is 8.78 Å². The van der Waals surface area contributed by atoms with Gasteiger partial charge in [-0.05, 0) is 12.1 Å². The summed E-state index contributed by atoms with van der Waals surface area (Å²) in [6, 6.07) is 5.47. The van der Waals surface area contributed by atoms with Crippen LogP contribution >= 0.6 is 27.3 Å². The molecule has 1 aromatic carbocycles. The molecule has 0 fully saturated rings. The molecule has 0 aliphatic carbocycles. The van der Waals surface area contributed by atoms with E-state index in [1.165, 1.54) is 16.7 Å². The van der Waals surface area contributed by atoms with Gasteiger partial charge in [-0.1, -0.05) is 22.0 Å². The van der Waals surface area contributed by atoms with E-state index in [1.807, 2.05) is 12.1 Å². The van der Waals surface area contributed by atoms with E-state index in [0.717, 1.165) is 9.17 Å². The summed E-state index contributed by atoms with van der Waals surface area (Å²) < 4.78 is 26.6. The van der Waals surface area contributed by atoms with Crippen LogP contribution in [0.25, 0.3) is 10.1 Å². The molecular weight excluding hydrogens is 258 g/mol. The first kappa shape index (κ1) is 9.09. The highest BCUT2D eigenvalue weighted by atomic mass is 79.9. The highest BCUT2D eigenvalue weighted by molar-refractivity contribution is 9.10. The van der Waals surface area contributed by atoms with Gasteiger partial charge in [-0.25, -0.2) is 8.78 Å². The van der Waals surface area contributed by atoms with E-state index in [2.05, 4.69) is 15.9 Å². The Morgan fingerprint density at radius 1 is 1.31 bits per heavy atom. The molecule has 0 saturated carbocycles. The minimum atomic E-state index is -2.40. The normalized spacial score (nSPS) is 11.4. The average Bonchev–Trinajstić information content (AvgIpc) is 2.49. The topological polar surface area (TPSA) is 0 Å². The summed E-state index contributed by atoms with van der Waals surface area (Å²) in [6.07, 6.45) is -2.40. The summed E-state index contributed by atoms with van der Waals surface area (Å²) in [5, 5.41) is 2.16. The molecule has 0 N–H and O–H groups in total. The third-order valence-electron chi connectivity index (χ3n) is 1.81. The molecular formula is C9H5BrF2S. The van der Waals surface area contributed by atoms with Gasteiger partial charge >= 0.3 is 0 Å². The maximum absolute atomic E-state index is 12.5. The fourth-order valence-electron chi connectivity index (χ4n) is 1.23. The maximum atomic E-state index is 12.5. The van der Waals surface area contributed by atoms with Crippen LogP contribution in [0.1, 0.15) is 12.0 Å². The summed E-state index contributed by atoms with van der Waals surface area (Å²) in [6.45, 7) is 0. The molecule has 0 saturated heterocycles. The Kier molecular flexibility index (Phi) is 2.34. The quantitative estimate of drug-likeness (QED) is 0.705. The number of rotatable bonds is 1. The van der Waals surface area contributed by atoms with Crippen molar-refractivity contribution in [2.45, 2.75) is 6.43 Å².